The monoisotopic (exact) mass is 593 g/mol. The molecule has 0 bridgehead atoms. The number of allylic oxidation sites excluding steroid dienone is 4. The number of carbonyl (C=O) groups is 2. The highest BCUT2D eigenvalue weighted by atomic mass is 19.4. The number of nitrogens with one attached hydrogen (secondary N) is 1. The Labute approximate surface area is 241 Å². The highest BCUT2D eigenvalue weighted by Gasteiger charge is 2.32. The maximum absolute atomic E-state index is 14.3. The molecule has 0 saturated heterocycles. The predicted octanol–water partition coefficient (Wildman–Crippen LogP) is 7.76. The normalized spacial score (nSPS) is 13.7. The average Bonchev–Trinajstić information content (AvgIpc) is 2.92. The largest absolute Gasteiger partial charge is 0.416 e. The smallest absolute Gasteiger partial charge is 0.337 e. The summed E-state index contributed by atoms with van der Waals surface area (Å²) >= 11 is 0. The molecule has 0 aliphatic rings. The molecule has 0 radical (unpaired) electrons. The van der Waals surface area contributed by atoms with Crippen molar-refractivity contribution in [2.45, 2.75) is 40.4 Å². The molecule has 5 nitrogen and oxygen atoms in total. The van der Waals surface area contributed by atoms with Crippen molar-refractivity contribution in [2.75, 3.05) is 19.4 Å². The van der Waals surface area contributed by atoms with E-state index in [-0.39, 0.29) is 46.3 Å². The molecule has 0 saturated carbocycles. The Balaban J connectivity index is 2.59. The molecule has 0 heterocycles. The van der Waals surface area contributed by atoms with Gasteiger partial charge in [0.05, 0.1) is 5.56 Å². The molecule has 2 aromatic rings. The second-order valence-corrected chi connectivity index (χ2v) is 10.1. The molecular formula is C31H33F6N3O2. The van der Waals surface area contributed by atoms with Crippen LogP contribution in [0.1, 0.15) is 44.4 Å². The van der Waals surface area contributed by atoms with Gasteiger partial charge in [0.2, 0.25) is 5.97 Å². The summed E-state index contributed by atoms with van der Waals surface area (Å²) in [6.45, 7) is 10.5. The quantitative estimate of drug-likeness (QED) is 0.0765. The van der Waals surface area contributed by atoms with Gasteiger partial charge in [-0.1, -0.05) is 51.1 Å². The molecule has 2 aromatic carbocycles. The predicted molar refractivity (Wildman–Crippen MR) is 152 cm³/mol. The van der Waals surface area contributed by atoms with E-state index in [1.165, 1.54) is 26.2 Å². The van der Waals surface area contributed by atoms with Crippen LogP contribution in [0.15, 0.2) is 71.3 Å². The van der Waals surface area contributed by atoms with Crippen molar-refractivity contribution in [2.24, 2.45) is 16.8 Å². The molecule has 2 amide bonds. The number of amides is 2. The van der Waals surface area contributed by atoms with Crippen molar-refractivity contribution >= 4 is 29.0 Å². The van der Waals surface area contributed by atoms with Gasteiger partial charge < -0.3 is 10.2 Å². The van der Waals surface area contributed by atoms with Crippen molar-refractivity contribution < 1.29 is 35.9 Å². The maximum Gasteiger partial charge on any atom is 0.416 e. The Hall–Kier alpha value is -4.15. The third-order valence-corrected chi connectivity index (χ3v) is 6.88. The molecule has 226 valence electrons. The SMILES string of the molecule is C=C(/C=C\C(F)=NC)c1cc(C(F)(F)F)ccc1NC(=O)/C(C(=O)N(C)Cc1cccc(F)c1F)=C(\C)C(C)C(C)C. The van der Waals surface area contributed by atoms with Gasteiger partial charge in [-0.05, 0) is 54.7 Å². The summed E-state index contributed by atoms with van der Waals surface area (Å²) in [7, 11) is 2.50. The van der Waals surface area contributed by atoms with Crippen LogP contribution >= 0.6 is 0 Å². The van der Waals surface area contributed by atoms with Crippen molar-refractivity contribution in [3.8, 4) is 0 Å². The van der Waals surface area contributed by atoms with Crippen molar-refractivity contribution in [3.63, 3.8) is 0 Å². The molecule has 2 rings (SSSR count). The number of anilines is 1. The molecule has 1 unspecified atom stereocenters. The van der Waals surface area contributed by atoms with E-state index in [9.17, 15) is 35.9 Å². The van der Waals surface area contributed by atoms with E-state index >= 15 is 0 Å². The number of aliphatic imine (C=N–C) groups is 1. The van der Waals surface area contributed by atoms with E-state index in [0.717, 1.165) is 41.3 Å². The number of hydrogen-bond donors (Lipinski definition) is 1. The molecule has 1 atom stereocenters. The van der Waals surface area contributed by atoms with Gasteiger partial charge in [-0.2, -0.15) is 17.6 Å². The zero-order valence-electron chi connectivity index (χ0n) is 24.2. The highest BCUT2D eigenvalue weighted by Crippen LogP contribution is 2.35. The lowest BCUT2D eigenvalue weighted by Gasteiger charge is -2.25. The second-order valence-electron chi connectivity index (χ2n) is 10.1. The maximum atomic E-state index is 14.3. The second kappa shape index (κ2) is 14.2. The molecule has 1 N–H and O–H groups in total. The van der Waals surface area contributed by atoms with Crippen LogP contribution in [0.5, 0.6) is 0 Å². The van der Waals surface area contributed by atoms with Gasteiger partial charge in [-0.25, -0.2) is 8.78 Å². The minimum absolute atomic E-state index is 0.00626. The first kappa shape index (κ1) is 34.1. The van der Waals surface area contributed by atoms with Gasteiger partial charge in [0.25, 0.3) is 11.8 Å². The van der Waals surface area contributed by atoms with Crippen LogP contribution in [-0.4, -0.2) is 36.8 Å². The van der Waals surface area contributed by atoms with Gasteiger partial charge in [-0.15, -0.1) is 0 Å². The molecule has 0 aliphatic carbocycles. The summed E-state index contributed by atoms with van der Waals surface area (Å²) < 4.78 is 82.1. The number of alkyl halides is 3. The number of rotatable bonds is 10. The molecule has 0 aromatic heterocycles. The summed E-state index contributed by atoms with van der Waals surface area (Å²) in [4.78, 5) is 31.6. The van der Waals surface area contributed by atoms with Crippen LogP contribution < -0.4 is 5.32 Å². The molecule has 0 fully saturated rings. The number of nitrogens with zero attached hydrogens (tertiary/aromatic N) is 2. The Morgan fingerprint density at radius 3 is 2.31 bits per heavy atom. The lowest BCUT2D eigenvalue weighted by Crippen LogP contribution is -2.35. The number of likely N-dealkylation sites (N-methyl/N-ethyl adjacent to an activating group) is 1. The highest BCUT2D eigenvalue weighted by molar-refractivity contribution is 6.23. The van der Waals surface area contributed by atoms with Crippen LogP contribution in [0.25, 0.3) is 5.57 Å². The van der Waals surface area contributed by atoms with Crippen molar-refractivity contribution in [3.05, 3.63) is 94.6 Å². The van der Waals surface area contributed by atoms with Crippen LogP contribution in [0.3, 0.4) is 0 Å². The average molecular weight is 594 g/mol. The van der Waals surface area contributed by atoms with E-state index in [0.29, 0.717) is 5.57 Å². The van der Waals surface area contributed by atoms with E-state index in [2.05, 4.69) is 16.9 Å². The first-order valence-electron chi connectivity index (χ1n) is 12.9. The Morgan fingerprint density at radius 1 is 1.10 bits per heavy atom. The zero-order valence-corrected chi connectivity index (χ0v) is 24.2. The Bertz CT molecular complexity index is 1440. The minimum atomic E-state index is -4.73. The van der Waals surface area contributed by atoms with Gasteiger partial charge in [-0.3, -0.25) is 14.6 Å². The zero-order chi connectivity index (χ0) is 31.9. The lowest BCUT2D eigenvalue weighted by atomic mass is 9.87. The fourth-order valence-corrected chi connectivity index (χ4v) is 3.98. The van der Waals surface area contributed by atoms with Crippen molar-refractivity contribution in [1.82, 2.24) is 4.90 Å². The number of halogens is 6. The van der Waals surface area contributed by atoms with Gasteiger partial charge in [0.15, 0.2) is 11.6 Å². The molecule has 11 heteroatoms. The molecule has 42 heavy (non-hydrogen) atoms. The summed E-state index contributed by atoms with van der Waals surface area (Å²) in [5, 5.41) is 2.50. The van der Waals surface area contributed by atoms with E-state index in [4.69, 9.17) is 0 Å². The van der Waals surface area contributed by atoms with E-state index in [1.54, 1.807) is 13.8 Å². The molecule has 0 aliphatic heterocycles. The minimum Gasteiger partial charge on any atom is -0.337 e. The van der Waals surface area contributed by atoms with E-state index < -0.39 is 41.2 Å². The summed E-state index contributed by atoms with van der Waals surface area (Å²) in [5.74, 6) is -5.17. The topological polar surface area (TPSA) is 61.8 Å². The Morgan fingerprint density at radius 2 is 1.74 bits per heavy atom. The van der Waals surface area contributed by atoms with Crippen LogP contribution in [0.4, 0.5) is 32.0 Å². The standard InChI is InChI=1S/C31H33F6N3O2/c1-17(2)19(4)20(5)27(30(42)40(7)16-21-9-8-10-24(32)28(21)34)29(41)39-25-13-12-22(31(35,36)37)15-23(25)18(3)11-14-26(33)38-6/h8-15,17,19H,3,16H2,1-2,4-7H3,(H,39,41)/b14-11-,27-20-,38-26?. The first-order chi connectivity index (χ1) is 19.5. The van der Waals surface area contributed by atoms with Crippen LogP contribution in [-0.2, 0) is 22.3 Å². The summed E-state index contributed by atoms with van der Waals surface area (Å²) in [5.41, 5.74) is -1.45. The third kappa shape index (κ3) is 8.43. The van der Waals surface area contributed by atoms with Crippen LogP contribution in [0.2, 0.25) is 0 Å². The van der Waals surface area contributed by atoms with Gasteiger partial charge in [0, 0.05) is 37.5 Å². The first-order valence-corrected chi connectivity index (χ1v) is 12.9. The number of benzene rings is 2. The lowest BCUT2D eigenvalue weighted by molar-refractivity contribution is -0.137. The summed E-state index contributed by atoms with van der Waals surface area (Å²) in [6, 6.07) is 6.02. The van der Waals surface area contributed by atoms with Gasteiger partial charge in [0.1, 0.15) is 5.57 Å². The van der Waals surface area contributed by atoms with E-state index in [1.807, 2.05) is 13.8 Å². The number of hydrogen-bond acceptors (Lipinski definition) is 3. The third-order valence-electron chi connectivity index (χ3n) is 6.88. The van der Waals surface area contributed by atoms with Gasteiger partial charge >= 0.3 is 6.18 Å². The van der Waals surface area contributed by atoms with Crippen molar-refractivity contribution in [1.29, 1.82) is 0 Å². The van der Waals surface area contributed by atoms with Crippen LogP contribution in [0, 0.1) is 23.5 Å². The fraction of sp³-hybridized carbons (Fsp3) is 0.323. The molecular weight excluding hydrogens is 560 g/mol. The number of carbonyl (C=O) groups excluding carboxylic acids is 2. The molecule has 0 spiro atoms. The Kier molecular flexibility index (Phi) is 11.5. The fourth-order valence-electron chi connectivity index (χ4n) is 3.98. The summed E-state index contributed by atoms with van der Waals surface area (Å²) in [6.07, 6.45) is -2.72.